The largest absolute Gasteiger partial charge is 0.325 e. The van der Waals surface area contributed by atoms with Crippen LogP contribution in [0.3, 0.4) is 0 Å². The van der Waals surface area contributed by atoms with Crippen LogP contribution in [0.5, 0.6) is 0 Å². The van der Waals surface area contributed by atoms with Crippen molar-refractivity contribution in [1.82, 2.24) is 0 Å². The maximum Gasteiger partial charge on any atom is 0.234 e. The van der Waals surface area contributed by atoms with E-state index in [-0.39, 0.29) is 5.91 Å². The molecule has 3 rings (SSSR count). The van der Waals surface area contributed by atoms with Gasteiger partial charge in [0, 0.05) is 15.6 Å². The maximum absolute atomic E-state index is 12.0. The van der Waals surface area contributed by atoms with Crippen LogP contribution in [0.1, 0.15) is 0 Å². The fourth-order valence-corrected chi connectivity index (χ4v) is 3.08. The Kier molecular flexibility index (Phi) is 5.57. The van der Waals surface area contributed by atoms with Gasteiger partial charge in [-0.25, -0.2) is 0 Å². The van der Waals surface area contributed by atoms with Crippen molar-refractivity contribution in [3.8, 4) is 11.1 Å². The maximum atomic E-state index is 12.0. The number of anilines is 1. The molecule has 0 aliphatic carbocycles. The molecule has 3 aromatic rings. The van der Waals surface area contributed by atoms with Gasteiger partial charge in [0.2, 0.25) is 5.91 Å². The molecule has 0 aromatic heterocycles. The number of thioether (sulfide) groups is 1. The van der Waals surface area contributed by atoms with Crippen molar-refractivity contribution in [1.29, 1.82) is 0 Å². The molecule has 24 heavy (non-hydrogen) atoms. The number of carbonyl (C=O) groups excluding carboxylic acids is 1. The molecule has 0 unspecified atom stereocenters. The van der Waals surface area contributed by atoms with Crippen LogP contribution in [0.15, 0.2) is 83.8 Å². The lowest BCUT2D eigenvalue weighted by atomic mass is 10.1. The second-order valence-corrected chi connectivity index (χ2v) is 6.72. The number of halogens is 1. The summed E-state index contributed by atoms with van der Waals surface area (Å²) < 4.78 is 0. The summed E-state index contributed by atoms with van der Waals surface area (Å²) in [5.41, 5.74) is 3.09. The molecule has 0 aliphatic heterocycles. The fraction of sp³-hybridized carbons (Fsp3) is 0.0500. The van der Waals surface area contributed by atoms with Gasteiger partial charge in [-0.1, -0.05) is 54.1 Å². The highest BCUT2D eigenvalue weighted by Gasteiger charge is 2.04. The van der Waals surface area contributed by atoms with Crippen LogP contribution in [0, 0.1) is 0 Å². The molecule has 0 aliphatic rings. The van der Waals surface area contributed by atoms with Crippen LogP contribution >= 0.6 is 23.4 Å². The van der Waals surface area contributed by atoms with E-state index in [0.717, 1.165) is 21.7 Å². The monoisotopic (exact) mass is 353 g/mol. The van der Waals surface area contributed by atoms with Gasteiger partial charge in [0.15, 0.2) is 0 Å². The molecule has 1 amide bonds. The Balaban J connectivity index is 1.55. The molecular weight excluding hydrogens is 338 g/mol. The van der Waals surface area contributed by atoms with Crippen molar-refractivity contribution < 1.29 is 4.79 Å². The Bertz CT molecular complexity index is 801. The third-order valence-corrected chi connectivity index (χ3v) is 4.72. The molecule has 0 saturated heterocycles. The van der Waals surface area contributed by atoms with E-state index in [4.69, 9.17) is 11.6 Å². The summed E-state index contributed by atoms with van der Waals surface area (Å²) in [6.45, 7) is 0. The summed E-state index contributed by atoms with van der Waals surface area (Å²) in [7, 11) is 0. The minimum atomic E-state index is -0.0255. The molecule has 0 radical (unpaired) electrons. The second-order valence-electron chi connectivity index (χ2n) is 5.23. The van der Waals surface area contributed by atoms with Crippen molar-refractivity contribution in [2.75, 3.05) is 11.1 Å². The summed E-state index contributed by atoms with van der Waals surface area (Å²) in [6.07, 6.45) is 0. The first-order chi connectivity index (χ1) is 11.7. The van der Waals surface area contributed by atoms with Crippen LogP contribution in [-0.2, 0) is 4.79 Å². The number of hydrogen-bond donors (Lipinski definition) is 1. The van der Waals surface area contributed by atoms with Crippen molar-refractivity contribution >= 4 is 35.0 Å². The van der Waals surface area contributed by atoms with Crippen LogP contribution in [0.2, 0.25) is 5.02 Å². The normalized spacial score (nSPS) is 10.4. The summed E-state index contributed by atoms with van der Waals surface area (Å²) in [4.78, 5) is 13.1. The number of nitrogens with one attached hydrogen (secondary N) is 1. The lowest BCUT2D eigenvalue weighted by molar-refractivity contribution is -0.113. The number of rotatable bonds is 5. The zero-order chi connectivity index (χ0) is 16.8. The van der Waals surface area contributed by atoms with Gasteiger partial charge in [-0.2, -0.15) is 0 Å². The van der Waals surface area contributed by atoms with E-state index in [1.165, 1.54) is 11.8 Å². The van der Waals surface area contributed by atoms with Gasteiger partial charge in [-0.3, -0.25) is 4.79 Å². The zero-order valence-corrected chi connectivity index (χ0v) is 14.5. The predicted molar refractivity (Wildman–Crippen MR) is 103 cm³/mol. The van der Waals surface area contributed by atoms with Crippen molar-refractivity contribution in [2.45, 2.75) is 4.90 Å². The minimum Gasteiger partial charge on any atom is -0.325 e. The molecule has 1 N–H and O–H groups in total. The lowest BCUT2D eigenvalue weighted by Gasteiger charge is -2.07. The Labute approximate surface area is 150 Å². The van der Waals surface area contributed by atoms with Gasteiger partial charge in [0.05, 0.1) is 5.75 Å². The molecule has 2 nitrogen and oxygen atoms in total. The van der Waals surface area contributed by atoms with Crippen molar-refractivity contribution in [3.63, 3.8) is 0 Å². The highest BCUT2D eigenvalue weighted by atomic mass is 35.5. The van der Waals surface area contributed by atoms with Crippen molar-refractivity contribution in [3.05, 3.63) is 83.9 Å². The van der Waals surface area contributed by atoms with E-state index >= 15 is 0 Å². The van der Waals surface area contributed by atoms with Crippen LogP contribution in [0.25, 0.3) is 11.1 Å². The van der Waals surface area contributed by atoms with E-state index < -0.39 is 0 Å². The number of benzene rings is 3. The molecule has 0 atom stereocenters. The first-order valence-corrected chi connectivity index (χ1v) is 8.91. The Morgan fingerprint density at radius 1 is 0.833 bits per heavy atom. The topological polar surface area (TPSA) is 29.1 Å². The lowest BCUT2D eigenvalue weighted by Crippen LogP contribution is -2.13. The van der Waals surface area contributed by atoms with Gasteiger partial charge in [0.25, 0.3) is 0 Å². The Morgan fingerprint density at radius 3 is 2.12 bits per heavy atom. The first-order valence-electron chi connectivity index (χ1n) is 7.54. The Hall–Kier alpha value is -2.23. The summed E-state index contributed by atoms with van der Waals surface area (Å²) in [5, 5.41) is 3.61. The van der Waals surface area contributed by atoms with Crippen LogP contribution < -0.4 is 5.32 Å². The van der Waals surface area contributed by atoms with E-state index in [1.807, 2.05) is 66.7 Å². The molecule has 120 valence electrons. The molecule has 3 aromatic carbocycles. The van der Waals surface area contributed by atoms with Gasteiger partial charge < -0.3 is 5.32 Å². The SMILES string of the molecule is O=C(CSc1ccc(Cl)cc1)Nc1ccc(-c2ccccc2)cc1. The molecular formula is C20H16ClNOS. The van der Waals surface area contributed by atoms with E-state index in [1.54, 1.807) is 0 Å². The third-order valence-electron chi connectivity index (χ3n) is 3.46. The van der Waals surface area contributed by atoms with Crippen molar-refractivity contribution in [2.24, 2.45) is 0 Å². The highest BCUT2D eigenvalue weighted by Crippen LogP contribution is 2.22. The van der Waals surface area contributed by atoms with Gasteiger partial charge >= 0.3 is 0 Å². The zero-order valence-electron chi connectivity index (χ0n) is 12.9. The minimum absolute atomic E-state index is 0.0255. The van der Waals surface area contributed by atoms with E-state index in [2.05, 4.69) is 17.4 Å². The fourth-order valence-electron chi connectivity index (χ4n) is 2.25. The smallest absolute Gasteiger partial charge is 0.234 e. The van der Waals surface area contributed by atoms with Crippen LogP contribution in [0.4, 0.5) is 5.69 Å². The summed E-state index contributed by atoms with van der Waals surface area (Å²) in [5.74, 6) is 0.338. The molecule has 0 spiro atoms. The standard InChI is InChI=1S/C20H16ClNOS/c21-17-8-12-19(13-9-17)24-14-20(23)22-18-10-6-16(7-11-18)15-4-2-1-3-5-15/h1-13H,14H2,(H,22,23). The summed E-state index contributed by atoms with van der Waals surface area (Å²) in [6, 6.07) is 25.5. The van der Waals surface area contributed by atoms with Crippen LogP contribution in [-0.4, -0.2) is 11.7 Å². The second kappa shape index (κ2) is 8.04. The average molecular weight is 354 g/mol. The first kappa shape index (κ1) is 16.6. The molecule has 0 bridgehead atoms. The predicted octanol–water partition coefficient (Wildman–Crippen LogP) is 5.74. The highest BCUT2D eigenvalue weighted by molar-refractivity contribution is 8.00. The van der Waals surface area contributed by atoms with Gasteiger partial charge in [0.1, 0.15) is 0 Å². The average Bonchev–Trinajstić information content (AvgIpc) is 2.63. The molecule has 4 heteroatoms. The summed E-state index contributed by atoms with van der Waals surface area (Å²) >= 11 is 7.34. The van der Waals surface area contributed by atoms with E-state index in [9.17, 15) is 4.79 Å². The third kappa shape index (κ3) is 4.63. The number of amides is 1. The molecule has 0 heterocycles. The quantitative estimate of drug-likeness (QED) is 0.593. The van der Waals surface area contributed by atoms with Gasteiger partial charge in [-0.15, -0.1) is 11.8 Å². The molecule has 0 fully saturated rings. The van der Waals surface area contributed by atoms with E-state index in [0.29, 0.717) is 10.8 Å². The van der Waals surface area contributed by atoms with Gasteiger partial charge in [-0.05, 0) is 47.5 Å². The number of hydrogen-bond acceptors (Lipinski definition) is 2. The number of carbonyl (C=O) groups is 1. The molecule has 0 saturated carbocycles. The Morgan fingerprint density at radius 2 is 1.46 bits per heavy atom.